The summed E-state index contributed by atoms with van der Waals surface area (Å²) < 4.78 is 17.0. The topological polar surface area (TPSA) is 72.9 Å². The van der Waals surface area contributed by atoms with Crippen molar-refractivity contribution in [2.24, 2.45) is 0 Å². The third-order valence-electron chi connectivity index (χ3n) is 5.09. The number of benzene rings is 1. The molecule has 7 nitrogen and oxygen atoms in total. The molecule has 1 amide bonds. The average Bonchev–Trinajstić information content (AvgIpc) is 3.18. The van der Waals surface area contributed by atoms with Gasteiger partial charge in [-0.05, 0) is 43.3 Å². The second-order valence-electron chi connectivity index (χ2n) is 6.91. The van der Waals surface area contributed by atoms with E-state index in [4.69, 9.17) is 14.2 Å². The van der Waals surface area contributed by atoms with Crippen LogP contribution in [0.15, 0.2) is 42.6 Å². The lowest BCUT2D eigenvalue weighted by Crippen LogP contribution is -2.45. The van der Waals surface area contributed by atoms with Gasteiger partial charge in [0.25, 0.3) is 5.91 Å². The number of nitrogens with one attached hydrogen (secondary N) is 1. The molecular weight excluding hydrogens is 358 g/mol. The van der Waals surface area contributed by atoms with Crippen LogP contribution in [-0.4, -0.2) is 49.6 Å². The van der Waals surface area contributed by atoms with E-state index in [1.165, 1.54) is 0 Å². The Kier molecular flexibility index (Phi) is 5.45. The molecule has 148 valence electrons. The summed E-state index contributed by atoms with van der Waals surface area (Å²) in [5.74, 6) is 1.000. The first-order chi connectivity index (χ1) is 13.7. The molecule has 0 saturated carbocycles. The zero-order valence-electron chi connectivity index (χ0n) is 16.0. The summed E-state index contributed by atoms with van der Waals surface area (Å²) >= 11 is 0. The van der Waals surface area contributed by atoms with Gasteiger partial charge in [-0.25, -0.2) is 4.98 Å². The summed E-state index contributed by atoms with van der Waals surface area (Å²) in [4.78, 5) is 19.3. The minimum atomic E-state index is -0.418. The van der Waals surface area contributed by atoms with E-state index in [1.807, 2.05) is 37.3 Å². The van der Waals surface area contributed by atoms with Gasteiger partial charge in [-0.2, -0.15) is 0 Å². The molecule has 28 heavy (non-hydrogen) atoms. The Morgan fingerprint density at radius 3 is 2.57 bits per heavy atom. The van der Waals surface area contributed by atoms with Crippen LogP contribution in [0.5, 0.6) is 5.75 Å². The van der Waals surface area contributed by atoms with Gasteiger partial charge in [0.1, 0.15) is 11.6 Å². The maximum Gasteiger partial charge on any atom is 0.255 e. The van der Waals surface area contributed by atoms with E-state index in [2.05, 4.69) is 15.2 Å². The normalized spacial score (nSPS) is 18.2. The molecule has 2 aromatic rings. The molecule has 0 bridgehead atoms. The predicted molar refractivity (Wildman–Crippen MR) is 106 cm³/mol. The van der Waals surface area contributed by atoms with Gasteiger partial charge in [0.05, 0.1) is 19.8 Å². The van der Waals surface area contributed by atoms with Crippen LogP contribution in [0, 0.1) is 0 Å². The number of nitrogens with zero attached hydrogens (tertiary/aromatic N) is 2. The molecule has 0 aliphatic carbocycles. The van der Waals surface area contributed by atoms with Crippen LogP contribution in [0.1, 0.15) is 30.1 Å². The number of carbonyl (C=O) groups is 1. The van der Waals surface area contributed by atoms with Crippen molar-refractivity contribution in [3.8, 4) is 5.75 Å². The molecule has 1 aromatic carbocycles. The standard InChI is InChI=1S/C21H25N3O4/c1-2-26-18-5-3-17(4-6-18)23-20(25)16-7-10-22-19(15-16)24-11-8-21(9-12-24)27-13-14-28-21/h3-7,10,15H,2,8-9,11-14H2,1H3,(H,23,25). The molecule has 1 N–H and O–H groups in total. The van der Waals surface area contributed by atoms with Gasteiger partial charge < -0.3 is 24.4 Å². The van der Waals surface area contributed by atoms with Crippen LogP contribution in [0.2, 0.25) is 0 Å². The number of carbonyl (C=O) groups excluding carboxylic acids is 1. The van der Waals surface area contributed by atoms with Crippen LogP contribution in [0.3, 0.4) is 0 Å². The van der Waals surface area contributed by atoms with Gasteiger partial charge in [0, 0.05) is 43.4 Å². The highest BCUT2D eigenvalue weighted by Gasteiger charge is 2.40. The first-order valence-corrected chi connectivity index (χ1v) is 9.71. The van der Waals surface area contributed by atoms with E-state index in [0.29, 0.717) is 25.4 Å². The number of pyridine rings is 1. The summed E-state index contributed by atoms with van der Waals surface area (Å²) in [5.41, 5.74) is 1.30. The van der Waals surface area contributed by atoms with Crippen LogP contribution in [0.4, 0.5) is 11.5 Å². The van der Waals surface area contributed by atoms with Crippen LogP contribution in [-0.2, 0) is 9.47 Å². The lowest BCUT2D eigenvalue weighted by atomic mass is 10.0. The summed E-state index contributed by atoms with van der Waals surface area (Å²) in [6.45, 7) is 5.46. The number of anilines is 2. The van der Waals surface area contributed by atoms with Crippen molar-refractivity contribution < 1.29 is 19.0 Å². The predicted octanol–water partition coefficient (Wildman–Crippen LogP) is 3.08. The van der Waals surface area contributed by atoms with Gasteiger partial charge in [-0.15, -0.1) is 0 Å². The number of aromatic nitrogens is 1. The molecular formula is C21H25N3O4. The molecule has 1 aromatic heterocycles. The fraction of sp³-hybridized carbons (Fsp3) is 0.429. The van der Waals surface area contributed by atoms with E-state index in [1.54, 1.807) is 12.3 Å². The molecule has 4 rings (SSSR count). The average molecular weight is 383 g/mol. The Hall–Kier alpha value is -2.64. The zero-order valence-corrected chi connectivity index (χ0v) is 16.0. The maximum absolute atomic E-state index is 12.6. The van der Waals surface area contributed by atoms with E-state index >= 15 is 0 Å². The van der Waals surface area contributed by atoms with Crippen molar-refractivity contribution in [1.82, 2.24) is 4.98 Å². The largest absolute Gasteiger partial charge is 0.494 e. The molecule has 3 heterocycles. The van der Waals surface area contributed by atoms with Crippen molar-refractivity contribution in [3.63, 3.8) is 0 Å². The number of rotatable bonds is 5. The first-order valence-electron chi connectivity index (χ1n) is 9.71. The third kappa shape index (κ3) is 4.10. The van der Waals surface area contributed by atoms with E-state index in [9.17, 15) is 4.79 Å². The third-order valence-corrected chi connectivity index (χ3v) is 5.09. The highest BCUT2D eigenvalue weighted by molar-refractivity contribution is 6.04. The van der Waals surface area contributed by atoms with Crippen molar-refractivity contribution in [3.05, 3.63) is 48.2 Å². The minimum absolute atomic E-state index is 0.163. The van der Waals surface area contributed by atoms with Crippen LogP contribution >= 0.6 is 0 Å². The summed E-state index contributed by atoms with van der Waals surface area (Å²) in [6.07, 6.45) is 3.28. The number of hydrogen-bond donors (Lipinski definition) is 1. The van der Waals surface area contributed by atoms with E-state index in [-0.39, 0.29) is 5.91 Å². The maximum atomic E-state index is 12.6. The van der Waals surface area contributed by atoms with Crippen molar-refractivity contribution >= 4 is 17.4 Å². The Morgan fingerprint density at radius 2 is 1.89 bits per heavy atom. The molecule has 7 heteroatoms. The number of ether oxygens (including phenoxy) is 3. The second-order valence-corrected chi connectivity index (χ2v) is 6.91. The SMILES string of the molecule is CCOc1ccc(NC(=O)c2ccnc(N3CCC4(CC3)OCCO4)c2)cc1. The quantitative estimate of drug-likeness (QED) is 0.855. The molecule has 2 fully saturated rings. The molecule has 0 atom stereocenters. The second kappa shape index (κ2) is 8.16. The highest BCUT2D eigenvalue weighted by atomic mass is 16.7. The highest BCUT2D eigenvalue weighted by Crippen LogP contribution is 2.32. The lowest BCUT2D eigenvalue weighted by molar-refractivity contribution is -0.169. The fourth-order valence-corrected chi connectivity index (χ4v) is 3.60. The van der Waals surface area contributed by atoms with Gasteiger partial charge >= 0.3 is 0 Å². The van der Waals surface area contributed by atoms with E-state index < -0.39 is 5.79 Å². The van der Waals surface area contributed by atoms with Gasteiger partial charge in [-0.1, -0.05) is 0 Å². The fourth-order valence-electron chi connectivity index (χ4n) is 3.60. The zero-order chi connectivity index (χ0) is 19.4. The Bertz CT molecular complexity index is 809. The van der Waals surface area contributed by atoms with Crippen molar-refractivity contribution in [2.45, 2.75) is 25.6 Å². The first kappa shape index (κ1) is 18.7. The Labute approximate surface area is 164 Å². The monoisotopic (exact) mass is 383 g/mol. The summed E-state index contributed by atoms with van der Waals surface area (Å²) in [5, 5.41) is 2.92. The molecule has 0 radical (unpaired) electrons. The smallest absolute Gasteiger partial charge is 0.255 e. The Balaban J connectivity index is 1.39. The molecule has 0 unspecified atom stereocenters. The van der Waals surface area contributed by atoms with Gasteiger partial charge in [-0.3, -0.25) is 4.79 Å². The van der Waals surface area contributed by atoms with Crippen LogP contribution in [0.25, 0.3) is 0 Å². The number of hydrogen-bond acceptors (Lipinski definition) is 6. The Morgan fingerprint density at radius 1 is 1.18 bits per heavy atom. The number of amides is 1. The lowest BCUT2D eigenvalue weighted by Gasteiger charge is -2.38. The van der Waals surface area contributed by atoms with Gasteiger partial charge in [0.15, 0.2) is 5.79 Å². The van der Waals surface area contributed by atoms with Crippen molar-refractivity contribution in [2.75, 3.05) is 43.1 Å². The number of piperidine rings is 1. The summed E-state index contributed by atoms with van der Waals surface area (Å²) in [7, 11) is 0. The van der Waals surface area contributed by atoms with Crippen molar-refractivity contribution in [1.29, 1.82) is 0 Å². The molecule has 1 spiro atoms. The summed E-state index contributed by atoms with van der Waals surface area (Å²) in [6, 6.07) is 10.9. The minimum Gasteiger partial charge on any atom is -0.494 e. The van der Waals surface area contributed by atoms with Gasteiger partial charge in [0.2, 0.25) is 0 Å². The molecule has 2 aliphatic heterocycles. The molecule has 2 saturated heterocycles. The van der Waals surface area contributed by atoms with Crippen LogP contribution < -0.4 is 15.0 Å². The van der Waals surface area contributed by atoms with E-state index in [0.717, 1.165) is 43.2 Å². The molecule has 2 aliphatic rings.